The van der Waals surface area contributed by atoms with Gasteiger partial charge in [0, 0.05) is 26.9 Å². The highest BCUT2D eigenvalue weighted by atomic mass is 16.5. The van der Waals surface area contributed by atoms with Crippen molar-refractivity contribution in [3.05, 3.63) is 0 Å². The highest BCUT2D eigenvalue weighted by Crippen LogP contribution is 2.29. The van der Waals surface area contributed by atoms with E-state index in [0.717, 1.165) is 44.6 Å². The van der Waals surface area contributed by atoms with Crippen LogP contribution in [0.1, 0.15) is 45.4 Å². The summed E-state index contributed by atoms with van der Waals surface area (Å²) in [6.07, 6.45) is 8.08. The molecule has 1 aliphatic rings. The molecule has 0 unspecified atom stereocenters. The third-order valence-electron chi connectivity index (χ3n) is 4.04. The molecule has 18 heavy (non-hydrogen) atoms. The second-order valence-corrected chi connectivity index (χ2v) is 5.46. The van der Waals surface area contributed by atoms with Crippen molar-refractivity contribution in [2.45, 2.75) is 45.4 Å². The summed E-state index contributed by atoms with van der Waals surface area (Å²) in [5.41, 5.74) is 0. The van der Waals surface area contributed by atoms with E-state index in [9.17, 15) is 0 Å². The first-order valence-electron chi connectivity index (χ1n) is 7.64. The maximum atomic E-state index is 5.52. The van der Waals surface area contributed by atoms with E-state index >= 15 is 0 Å². The van der Waals surface area contributed by atoms with E-state index in [4.69, 9.17) is 9.47 Å². The quantitative estimate of drug-likeness (QED) is 0.610. The lowest BCUT2D eigenvalue weighted by Gasteiger charge is -2.27. The third-order valence-corrected chi connectivity index (χ3v) is 4.04. The van der Waals surface area contributed by atoms with Crippen molar-refractivity contribution in [2.24, 2.45) is 11.8 Å². The highest BCUT2D eigenvalue weighted by Gasteiger charge is 2.19. The first-order valence-corrected chi connectivity index (χ1v) is 7.64. The molecule has 0 amide bonds. The molecule has 0 atom stereocenters. The largest absolute Gasteiger partial charge is 0.385 e. The molecule has 1 fully saturated rings. The average Bonchev–Trinajstić information content (AvgIpc) is 2.42. The van der Waals surface area contributed by atoms with Gasteiger partial charge in [0.15, 0.2) is 0 Å². The van der Waals surface area contributed by atoms with E-state index in [1.54, 1.807) is 7.11 Å². The molecule has 0 aromatic carbocycles. The van der Waals surface area contributed by atoms with Crippen molar-refractivity contribution >= 4 is 0 Å². The summed E-state index contributed by atoms with van der Waals surface area (Å²) in [5.74, 6) is 1.91. The van der Waals surface area contributed by atoms with Crippen LogP contribution in [0, 0.1) is 11.8 Å². The molecule has 1 saturated carbocycles. The summed E-state index contributed by atoms with van der Waals surface area (Å²) in [7, 11) is 1.73. The Labute approximate surface area is 113 Å². The minimum atomic E-state index is 0.800. The summed E-state index contributed by atoms with van der Waals surface area (Å²) < 4.78 is 10.5. The molecule has 0 aromatic rings. The van der Waals surface area contributed by atoms with Gasteiger partial charge in [0.1, 0.15) is 0 Å². The molecule has 108 valence electrons. The molecule has 0 aromatic heterocycles. The molecule has 0 bridgehead atoms. The lowest BCUT2D eigenvalue weighted by atomic mass is 9.81. The number of rotatable bonds is 10. The van der Waals surface area contributed by atoms with E-state index < -0.39 is 0 Å². The maximum Gasteiger partial charge on any atom is 0.0590 e. The zero-order valence-corrected chi connectivity index (χ0v) is 12.2. The number of nitrogens with one attached hydrogen (secondary N) is 1. The van der Waals surface area contributed by atoms with E-state index in [2.05, 4.69) is 12.2 Å². The van der Waals surface area contributed by atoms with Gasteiger partial charge in [-0.15, -0.1) is 0 Å². The average molecular weight is 257 g/mol. The smallest absolute Gasteiger partial charge is 0.0590 e. The fourth-order valence-corrected chi connectivity index (χ4v) is 2.70. The highest BCUT2D eigenvalue weighted by molar-refractivity contribution is 4.73. The van der Waals surface area contributed by atoms with Crippen molar-refractivity contribution in [1.29, 1.82) is 0 Å². The molecule has 3 heteroatoms. The van der Waals surface area contributed by atoms with Gasteiger partial charge in [-0.2, -0.15) is 0 Å². The van der Waals surface area contributed by atoms with Crippen molar-refractivity contribution in [3.63, 3.8) is 0 Å². The van der Waals surface area contributed by atoms with Gasteiger partial charge < -0.3 is 14.8 Å². The fraction of sp³-hybridized carbons (Fsp3) is 1.00. The molecule has 0 heterocycles. The molecule has 1 aliphatic carbocycles. The molecule has 0 radical (unpaired) electrons. The summed E-state index contributed by atoms with van der Waals surface area (Å²) in [5, 5.41) is 3.52. The first-order chi connectivity index (χ1) is 8.86. The predicted octanol–water partition coefficient (Wildman–Crippen LogP) is 2.85. The molecule has 1 N–H and O–H groups in total. The molecular weight excluding hydrogens is 226 g/mol. The molecule has 3 nitrogen and oxygen atoms in total. The molecule has 0 aliphatic heterocycles. The van der Waals surface area contributed by atoms with E-state index in [-0.39, 0.29) is 0 Å². The zero-order chi connectivity index (χ0) is 13.1. The van der Waals surface area contributed by atoms with Crippen molar-refractivity contribution < 1.29 is 9.47 Å². The SMILES string of the molecule is CCC1CCC(CNCCOCCCOC)CC1. The maximum absolute atomic E-state index is 5.52. The van der Waals surface area contributed by atoms with Crippen LogP contribution in [-0.2, 0) is 9.47 Å². The van der Waals surface area contributed by atoms with E-state index in [1.165, 1.54) is 38.6 Å². The minimum absolute atomic E-state index is 0.800. The van der Waals surface area contributed by atoms with Crippen LogP contribution in [0.2, 0.25) is 0 Å². The van der Waals surface area contributed by atoms with Gasteiger partial charge in [-0.05, 0) is 37.6 Å². The van der Waals surface area contributed by atoms with Gasteiger partial charge in [0.25, 0.3) is 0 Å². The summed E-state index contributed by atoms with van der Waals surface area (Å²) in [6, 6.07) is 0. The zero-order valence-electron chi connectivity index (χ0n) is 12.2. The summed E-state index contributed by atoms with van der Waals surface area (Å²) in [6.45, 7) is 6.93. The van der Waals surface area contributed by atoms with Crippen LogP contribution in [0.25, 0.3) is 0 Å². The Balaban J connectivity index is 1.84. The number of hydrogen-bond acceptors (Lipinski definition) is 3. The van der Waals surface area contributed by atoms with Crippen LogP contribution in [-0.4, -0.2) is 40.0 Å². The molecule has 0 saturated heterocycles. The van der Waals surface area contributed by atoms with Gasteiger partial charge in [0.2, 0.25) is 0 Å². The summed E-state index contributed by atoms with van der Waals surface area (Å²) in [4.78, 5) is 0. The number of ether oxygens (including phenoxy) is 2. The fourth-order valence-electron chi connectivity index (χ4n) is 2.70. The van der Waals surface area contributed by atoms with Crippen LogP contribution < -0.4 is 5.32 Å². The summed E-state index contributed by atoms with van der Waals surface area (Å²) >= 11 is 0. The second-order valence-electron chi connectivity index (χ2n) is 5.46. The Morgan fingerprint density at radius 1 is 1.00 bits per heavy atom. The Morgan fingerprint density at radius 2 is 1.72 bits per heavy atom. The van der Waals surface area contributed by atoms with Gasteiger partial charge in [-0.3, -0.25) is 0 Å². The van der Waals surface area contributed by atoms with Crippen LogP contribution in [0.4, 0.5) is 0 Å². The van der Waals surface area contributed by atoms with Crippen molar-refractivity contribution in [1.82, 2.24) is 5.32 Å². The van der Waals surface area contributed by atoms with Gasteiger partial charge >= 0.3 is 0 Å². The van der Waals surface area contributed by atoms with Gasteiger partial charge in [-0.25, -0.2) is 0 Å². The third kappa shape index (κ3) is 7.34. The molecule has 0 spiro atoms. The monoisotopic (exact) mass is 257 g/mol. The second kappa shape index (κ2) is 10.8. The van der Waals surface area contributed by atoms with E-state index in [1.807, 2.05) is 0 Å². The van der Waals surface area contributed by atoms with Crippen molar-refractivity contribution in [3.8, 4) is 0 Å². The lowest BCUT2D eigenvalue weighted by molar-refractivity contribution is 0.103. The topological polar surface area (TPSA) is 30.5 Å². The Hall–Kier alpha value is -0.120. The number of hydrogen-bond donors (Lipinski definition) is 1. The normalized spacial score (nSPS) is 24.3. The van der Waals surface area contributed by atoms with Crippen LogP contribution in [0.5, 0.6) is 0 Å². The van der Waals surface area contributed by atoms with Crippen molar-refractivity contribution in [2.75, 3.05) is 40.0 Å². The standard InChI is InChI=1S/C15H31NO2/c1-3-14-5-7-15(8-6-14)13-16-9-12-18-11-4-10-17-2/h14-16H,3-13H2,1-2H3. The Bertz CT molecular complexity index is 179. The predicted molar refractivity (Wildman–Crippen MR) is 75.9 cm³/mol. The van der Waals surface area contributed by atoms with Gasteiger partial charge in [-0.1, -0.05) is 26.2 Å². The molecular formula is C15H31NO2. The van der Waals surface area contributed by atoms with Gasteiger partial charge in [0.05, 0.1) is 6.61 Å². The van der Waals surface area contributed by atoms with Crippen LogP contribution in [0.15, 0.2) is 0 Å². The van der Waals surface area contributed by atoms with Crippen LogP contribution >= 0.6 is 0 Å². The molecule has 1 rings (SSSR count). The van der Waals surface area contributed by atoms with Crippen LogP contribution in [0.3, 0.4) is 0 Å². The number of methoxy groups -OCH3 is 1. The minimum Gasteiger partial charge on any atom is -0.385 e. The van der Waals surface area contributed by atoms with E-state index in [0.29, 0.717) is 0 Å². The first kappa shape index (κ1) is 15.9. The lowest BCUT2D eigenvalue weighted by Crippen LogP contribution is -2.29. The Kier molecular flexibility index (Phi) is 9.54. The Morgan fingerprint density at radius 3 is 2.39 bits per heavy atom.